The molecular weight excluding hydrogens is 330 g/mol. The fourth-order valence-electron chi connectivity index (χ4n) is 4.09. The van der Waals surface area contributed by atoms with Gasteiger partial charge in [0.25, 0.3) is 0 Å². The van der Waals surface area contributed by atoms with Crippen molar-refractivity contribution in [3.05, 3.63) is 23.8 Å². The molecule has 1 aromatic rings. The van der Waals surface area contributed by atoms with Crippen LogP contribution in [0.5, 0.6) is 0 Å². The molecule has 6 nitrogen and oxygen atoms in total. The molecule has 3 atom stereocenters. The van der Waals surface area contributed by atoms with Crippen molar-refractivity contribution in [1.29, 1.82) is 0 Å². The summed E-state index contributed by atoms with van der Waals surface area (Å²) in [6.07, 6.45) is 6.17. The fraction of sp³-hybridized carbons (Fsp3) is 0.529. The minimum Gasteiger partial charge on any atom is -0.478 e. The quantitative estimate of drug-likeness (QED) is 0.849. The Labute approximate surface area is 141 Å². The van der Waals surface area contributed by atoms with E-state index in [2.05, 4.69) is 5.32 Å². The number of aromatic carboxylic acids is 1. The Kier molecular flexibility index (Phi) is 4.38. The van der Waals surface area contributed by atoms with Crippen molar-refractivity contribution in [3.8, 4) is 0 Å². The lowest BCUT2D eigenvalue weighted by atomic mass is 9.86. The second-order valence-electron chi connectivity index (χ2n) is 7.01. The number of nitrogens with one attached hydrogen (secondary N) is 1. The van der Waals surface area contributed by atoms with Crippen LogP contribution in [0.15, 0.2) is 23.1 Å². The van der Waals surface area contributed by atoms with Gasteiger partial charge in [-0.15, -0.1) is 0 Å². The molecule has 0 heterocycles. The normalized spacial score (nSPS) is 25.6. The number of amides is 1. The first-order chi connectivity index (χ1) is 11.2. The van der Waals surface area contributed by atoms with Crippen molar-refractivity contribution < 1.29 is 23.1 Å². The van der Waals surface area contributed by atoms with Crippen LogP contribution in [0.4, 0.5) is 5.69 Å². The predicted octanol–water partition coefficient (Wildman–Crippen LogP) is 2.55. The highest BCUT2D eigenvalue weighted by molar-refractivity contribution is 7.90. The van der Waals surface area contributed by atoms with E-state index in [0.717, 1.165) is 24.7 Å². The Morgan fingerprint density at radius 3 is 2.50 bits per heavy atom. The molecular formula is C17H21NO5S. The van der Waals surface area contributed by atoms with E-state index in [0.29, 0.717) is 18.3 Å². The lowest BCUT2D eigenvalue weighted by Gasteiger charge is -2.21. The second-order valence-corrected chi connectivity index (χ2v) is 9.03. The highest BCUT2D eigenvalue weighted by atomic mass is 32.2. The molecule has 0 spiro atoms. The van der Waals surface area contributed by atoms with Crippen LogP contribution in [0.25, 0.3) is 0 Å². The molecule has 1 amide bonds. The molecule has 3 unspecified atom stereocenters. The molecule has 2 aliphatic rings. The fourth-order valence-corrected chi connectivity index (χ4v) is 4.77. The third-order valence-corrected chi connectivity index (χ3v) is 6.29. The van der Waals surface area contributed by atoms with Crippen molar-refractivity contribution in [3.63, 3.8) is 0 Å². The van der Waals surface area contributed by atoms with Gasteiger partial charge in [0.2, 0.25) is 5.91 Å². The van der Waals surface area contributed by atoms with Crippen molar-refractivity contribution in [2.75, 3.05) is 11.6 Å². The molecule has 2 fully saturated rings. The maximum atomic E-state index is 12.3. The van der Waals surface area contributed by atoms with Crippen LogP contribution in [-0.4, -0.2) is 31.7 Å². The smallest absolute Gasteiger partial charge is 0.335 e. The van der Waals surface area contributed by atoms with Gasteiger partial charge in [0.15, 0.2) is 9.84 Å². The molecule has 1 aromatic carbocycles. The molecule has 3 rings (SSSR count). The third kappa shape index (κ3) is 3.61. The van der Waals surface area contributed by atoms with Gasteiger partial charge in [0, 0.05) is 18.4 Å². The number of carbonyl (C=O) groups excluding carboxylic acids is 1. The van der Waals surface area contributed by atoms with E-state index in [1.807, 2.05) is 0 Å². The molecule has 2 N–H and O–H groups in total. The zero-order chi connectivity index (χ0) is 17.5. The van der Waals surface area contributed by atoms with Gasteiger partial charge in [0.1, 0.15) is 0 Å². The first kappa shape index (κ1) is 17.0. The number of carboxylic acids is 1. The molecule has 0 saturated heterocycles. The van der Waals surface area contributed by atoms with E-state index in [9.17, 15) is 18.0 Å². The van der Waals surface area contributed by atoms with E-state index < -0.39 is 15.8 Å². The topological polar surface area (TPSA) is 101 Å². The number of hydrogen-bond donors (Lipinski definition) is 2. The molecule has 7 heteroatoms. The zero-order valence-corrected chi connectivity index (χ0v) is 14.3. The maximum absolute atomic E-state index is 12.3. The number of rotatable bonds is 5. The summed E-state index contributed by atoms with van der Waals surface area (Å²) in [5, 5.41) is 11.8. The highest BCUT2D eigenvalue weighted by Gasteiger charge is 2.40. The summed E-state index contributed by atoms with van der Waals surface area (Å²) < 4.78 is 23.4. The van der Waals surface area contributed by atoms with Crippen LogP contribution in [0, 0.1) is 17.8 Å². The summed E-state index contributed by atoms with van der Waals surface area (Å²) in [5.74, 6) is 0.345. The summed E-state index contributed by atoms with van der Waals surface area (Å²) >= 11 is 0. The average molecular weight is 351 g/mol. The maximum Gasteiger partial charge on any atom is 0.335 e. The van der Waals surface area contributed by atoms with Crippen LogP contribution in [0.2, 0.25) is 0 Å². The average Bonchev–Trinajstić information content (AvgIpc) is 3.08. The van der Waals surface area contributed by atoms with Crippen LogP contribution in [0.3, 0.4) is 0 Å². The van der Waals surface area contributed by atoms with E-state index in [4.69, 9.17) is 5.11 Å². The monoisotopic (exact) mass is 351 g/mol. The Morgan fingerprint density at radius 1 is 1.21 bits per heavy atom. The number of carboxylic acid groups (broad SMARTS) is 1. The first-order valence-corrected chi connectivity index (χ1v) is 10.00. The van der Waals surface area contributed by atoms with Gasteiger partial charge < -0.3 is 10.4 Å². The number of carbonyl (C=O) groups is 2. The summed E-state index contributed by atoms with van der Waals surface area (Å²) in [6, 6.07) is 3.69. The third-order valence-electron chi connectivity index (χ3n) is 5.20. The standard InChI is InChI=1S/C17H21NO5S/c1-24(22,23)15-7-13(17(20)21)6-14(9-15)18-16(19)8-12-5-10-2-3-11(12)4-10/h6-7,9-12H,2-5,8H2,1H3,(H,18,19)(H,20,21). The predicted molar refractivity (Wildman–Crippen MR) is 88.7 cm³/mol. The van der Waals surface area contributed by atoms with Gasteiger partial charge in [-0.3, -0.25) is 4.79 Å². The van der Waals surface area contributed by atoms with E-state index in [1.165, 1.54) is 31.4 Å². The zero-order valence-electron chi connectivity index (χ0n) is 13.5. The summed E-state index contributed by atoms with van der Waals surface area (Å²) in [6.45, 7) is 0. The minimum absolute atomic E-state index is 0.113. The molecule has 0 aromatic heterocycles. The molecule has 0 aliphatic heterocycles. The number of benzene rings is 1. The van der Waals surface area contributed by atoms with Crippen LogP contribution in [-0.2, 0) is 14.6 Å². The van der Waals surface area contributed by atoms with Crippen LogP contribution < -0.4 is 5.32 Å². The van der Waals surface area contributed by atoms with Crippen LogP contribution >= 0.6 is 0 Å². The van der Waals surface area contributed by atoms with Crippen molar-refractivity contribution in [2.45, 2.75) is 37.0 Å². The Balaban J connectivity index is 1.75. The van der Waals surface area contributed by atoms with E-state index in [-0.39, 0.29) is 22.1 Å². The van der Waals surface area contributed by atoms with Crippen molar-refractivity contribution in [2.24, 2.45) is 17.8 Å². The Morgan fingerprint density at radius 2 is 1.96 bits per heavy atom. The van der Waals surface area contributed by atoms with Crippen molar-refractivity contribution in [1.82, 2.24) is 0 Å². The second kappa shape index (κ2) is 6.20. The van der Waals surface area contributed by atoms with Gasteiger partial charge in [-0.05, 0) is 55.2 Å². The molecule has 2 saturated carbocycles. The highest BCUT2D eigenvalue weighted by Crippen LogP contribution is 2.49. The minimum atomic E-state index is -3.56. The van der Waals surface area contributed by atoms with Gasteiger partial charge >= 0.3 is 5.97 Å². The molecule has 0 radical (unpaired) electrons. The summed E-state index contributed by atoms with van der Waals surface area (Å²) in [5.41, 5.74) is 0.0524. The lowest BCUT2D eigenvalue weighted by molar-refractivity contribution is -0.117. The van der Waals surface area contributed by atoms with Gasteiger partial charge in [0.05, 0.1) is 10.5 Å². The van der Waals surface area contributed by atoms with Gasteiger partial charge in [-0.25, -0.2) is 13.2 Å². The van der Waals surface area contributed by atoms with Gasteiger partial charge in [-0.1, -0.05) is 6.42 Å². The number of hydrogen-bond acceptors (Lipinski definition) is 4. The summed E-state index contributed by atoms with van der Waals surface area (Å²) in [7, 11) is -3.56. The molecule has 24 heavy (non-hydrogen) atoms. The summed E-state index contributed by atoms with van der Waals surface area (Å²) in [4.78, 5) is 23.3. The largest absolute Gasteiger partial charge is 0.478 e. The first-order valence-electron chi connectivity index (χ1n) is 8.10. The Hall–Kier alpha value is -1.89. The number of fused-ring (bicyclic) bond motifs is 2. The molecule has 2 bridgehead atoms. The number of anilines is 1. The Bertz CT molecular complexity index is 786. The van der Waals surface area contributed by atoms with Crippen LogP contribution in [0.1, 0.15) is 42.5 Å². The lowest BCUT2D eigenvalue weighted by Crippen LogP contribution is -2.20. The molecule has 2 aliphatic carbocycles. The number of sulfone groups is 1. The van der Waals surface area contributed by atoms with Crippen molar-refractivity contribution >= 4 is 27.4 Å². The van der Waals surface area contributed by atoms with E-state index in [1.54, 1.807) is 0 Å². The molecule has 130 valence electrons. The SMILES string of the molecule is CS(=O)(=O)c1cc(NC(=O)CC2CC3CCC2C3)cc(C(=O)O)c1. The van der Waals surface area contributed by atoms with E-state index >= 15 is 0 Å². The van der Waals surface area contributed by atoms with Gasteiger partial charge in [-0.2, -0.15) is 0 Å².